The van der Waals surface area contributed by atoms with Crippen molar-refractivity contribution in [2.75, 3.05) is 33.4 Å². The standard InChI is InChI=1S/C16H27NO3/c1-3-14-7-6-8-16(11-14)20-13-15(18)12-17-9-4-5-10-19-2/h6-8,11,15,17-18H,3-5,9-10,12-13H2,1-2H3. The molecule has 0 aliphatic rings. The molecule has 0 aliphatic carbocycles. The zero-order valence-corrected chi connectivity index (χ0v) is 12.6. The van der Waals surface area contributed by atoms with Crippen molar-refractivity contribution in [3.05, 3.63) is 29.8 Å². The largest absolute Gasteiger partial charge is 0.491 e. The lowest BCUT2D eigenvalue weighted by Crippen LogP contribution is -2.32. The minimum Gasteiger partial charge on any atom is -0.491 e. The minimum absolute atomic E-state index is 0.318. The van der Waals surface area contributed by atoms with Crippen LogP contribution >= 0.6 is 0 Å². The molecular formula is C16H27NO3. The van der Waals surface area contributed by atoms with Crippen LogP contribution in [0.3, 0.4) is 0 Å². The highest BCUT2D eigenvalue weighted by Crippen LogP contribution is 2.13. The lowest BCUT2D eigenvalue weighted by molar-refractivity contribution is 0.106. The summed E-state index contributed by atoms with van der Waals surface area (Å²) in [4.78, 5) is 0. The average molecular weight is 281 g/mol. The van der Waals surface area contributed by atoms with Crippen molar-refractivity contribution in [2.45, 2.75) is 32.3 Å². The first-order valence-corrected chi connectivity index (χ1v) is 7.35. The second-order valence-electron chi connectivity index (χ2n) is 4.87. The van der Waals surface area contributed by atoms with Crippen LogP contribution in [0.2, 0.25) is 0 Å². The Bertz CT molecular complexity index is 357. The Morgan fingerprint density at radius 3 is 2.90 bits per heavy atom. The maximum absolute atomic E-state index is 9.83. The molecule has 1 unspecified atom stereocenters. The van der Waals surface area contributed by atoms with Crippen LogP contribution in [0.15, 0.2) is 24.3 Å². The van der Waals surface area contributed by atoms with E-state index in [0.717, 1.165) is 38.2 Å². The van der Waals surface area contributed by atoms with E-state index in [1.54, 1.807) is 7.11 Å². The third-order valence-electron chi connectivity index (χ3n) is 3.08. The number of nitrogens with one attached hydrogen (secondary N) is 1. The van der Waals surface area contributed by atoms with E-state index in [2.05, 4.69) is 18.3 Å². The number of hydrogen-bond acceptors (Lipinski definition) is 4. The SMILES string of the molecule is CCc1cccc(OCC(O)CNCCCCOC)c1. The normalized spacial score (nSPS) is 12.3. The molecule has 0 aliphatic heterocycles. The van der Waals surface area contributed by atoms with Gasteiger partial charge >= 0.3 is 0 Å². The first-order valence-electron chi connectivity index (χ1n) is 7.35. The topological polar surface area (TPSA) is 50.7 Å². The highest BCUT2D eigenvalue weighted by Gasteiger charge is 2.05. The van der Waals surface area contributed by atoms with Crippen molar-refractivity contribution in [3.63, 3.8) is 0 Å². The van der Waals surface area contributed by atoms with Crippen LogP contribution < -0.4 is 10.1 Å². The number of methoxy groups -OCH3 is 1. The Morgan fingerprint density at radius 2 is 2.15 bits per heavy atom. The van der Waals surface area contributed by atoms with E-state index in [0.29, 0.717) is 13.2 Å². The van der Waals surface area contributed by atoms with Crippen molar-refractivity contribution < 1.29 is 14.6 Å². The lowest BCUT2D eigenvalue weighted by Gasteiger charge is -2.13. The van der Waals surface area contributed by atoms with Gasteiger partial charge in [0.05, 0.1) is 0 Å². The number of aryl methyl sites for hydroxylation is 1. The van der Waals surface area contributed by atoms with Gasteiger partial charge < -0.3 is 19.9 Å². The molecule has 0 aromatic heterocycles. The van der Waals surface area contributed by atoms with Crippen molar-refractivity contribution in [3.8, 4) is 5.75 Å². The molecule has 4 nitrogen and oxygen atoms in total. The van der Waals surface area contributed by atoms with Gasteiger partial charge in [0, 0.05) is 20.3 Å². The van der Waals surface area contributed by atoms with Crippen LogP contribution in [-0.2, 0) is 11.2 Å². The van der Waals surface area contributed by atoms with Gasteiger partial charge in [-0.05, 0) is 43.5 Å². The van der Waals surface area contributed by atoms with E-state index >= 15 is 0 Å². The molecule has 0 heterocycles. The molecule has 2 N–H and O–H groups in total. The van der Waals surface area contributed by atoms with Crippen LogP contribution in [0.5, 0.6) is 5.75 Å². The number of hydrogen-bond donors (Lipinski definition) is 2. The zero-order chi connectivity index (χ0) is 14.6. The number of unbranched alkanes of at least 4 members (excludes halogenated alkanes) is 1. The number of rotatable bonds is 11. The van der Waals surface area contributed by atoms with Crippen LogP contribution in [0.4, 0.5) is 0 Å². The van der Waals surface area contributed by atoms with Gasteiger partial charge in [0.2, 0.25) is 0 Å². The van der Waals surface area contributed by atoms with Gasteiger partial charge in [-0.3, -0.25) is 0 Å². The summed E-state index contributed by atoms with van der Waals surface area (Å²) in [5.74, 6) is 0.823. The fourth-order valence-corrected chi connectivity index (χ4v) is 1.87. The Labute approximate surface area is 122 Å². The van der Waals surface area contributed by atoms with E-state index < -0.39 is 6.10 Å². The molecule has 0 saturated heterocycles. The Kier molecular flexibility index (Phi) is 9.04. The summed E-state index contributed by atoms with van der Waals surface area (Å²) < 4.78 is 10.6. The maximum atomic E-state index is 9.83. The van der Waals surface area contributed by atoms with E-state index in [-0.39, 0.29) is 0 Å². The zero-order valence-electron chi connectivity index (χ0n) is 12.6. The molecule has 0 fully saturated rings. The molecule has 1 aromatic carbocycles. The molecular weight excluding hydrogens is 254 g/mol. The first kappa shape index (κ1) is 17.0. The summed E-state index contributed by atoms with van der Waals surface area (Å²) in [6, 6.07) is 7.99. The maximum Gasteiger partial charge on any atom is 0.119 e. The molecule has 0 bridgehead atoms. The van der Waals surface area contributed by atoms with Crippen LogP contribution in [0.25, 0.3) is 0 Å². The van der Waals surface area contributed by atoms with Gasteiger partial charge in [-0.15, -0.1) is 0 Å². The van der Waals surface area contributed by atoms with Crippen LogP contribution in [0.1, 0.15) is 25.3 Å². The quantitative estimate of drug-likeness (QED) is 0.609. The number of aliphatic hydroxyl groups excluding tert-OH is 1. The summed E-state index contributed by atoms with van der Waals surface area (Å²) >= 11 is 0. The summed E-state index contributed by atoms with van der Waals surface area (Å²) in [5.41, 5.74) is 1.24. The number of benzene rings is 1. The Morgan fingerprint density at radius 1 is 1.30 bits per heavy atom. The minimum atomic E-state index is -0.484. The molecule has 0 amide bonds. The Hall–Kier alpha value is -1.10. The van der Waals surface area contributed by atoms with Crippen molar-refractivity contribution in [2.24, 2.45) is 0 Å². The van der Waals surface area contributed by atoms with Gasteiger partial charge in [-0.2, -0.15) is 0 Å². The van der Waals surface area contributed by atoms with E-state index in [1.165, 1.54) is 5.56 Å². The second kappa shape index (κ2) is 10.7. The fourth-order valence-electron chi connectivity index (χ4n) is 1.87. The van der Waals surface area contributed by atoms with Gasteiger partial charge in [-0.25, -0.2) is 0 Å². The molecule has 0 radical (unpaired) electrons. The average Bonchev–Trinajstić information content (AvgIpc) is 2.49. The van der Waals surface area contributed by atoms with Gasteiger partial charge in [0.25, 0.3) is 0 Å². The van der Waals surface area contributed by atoms with Crippen molar-refractivity contribution in [1.29, 1.82) is 0 Å². The number of aliphatic hydroxyl groups is 1. The summed E-state index contributed by atoms with van der Waals surface area (Å²) in [5, 5.41) is 13.0. The fraction of sp³-hybridized carbons (Fsp3) is 0.625. The molecule has 1 aromatic rings. The predicted molar refractivity (Wildman–Crippen MR) is 81.3 cm³/mol. The molecule has 4 heteroatoms. The van der Waals surface area contributed by atoms with E-state index in [4.69, 9.17) is 9.47 Å². The van der Waals surface area contributed by atoms with Crippen LogP contribution in [0, 0.1) is 0 Å². The third kappa shape index (κ3) is 7.48. The Balaban J connectivity index is 2.11. The molecule has 114 valence electrons. The van der Waals surface area contributed by atoms with E-state index in [9.17, 15) is 5.11 Å². The summed E-state index contributed by atoms with van der Waals surface area (Å²) in [6.45, 7) is 4.67. The summed E-state index contributed by atoms with van der Waals surface area (Å²) in [6.07, 6.45) is 2.60. The van der Waals surface area contributed by atoms with Crippen molar-refractivity contribution in [1.82, 2.24) is 5.32 Å². The molecule has 1 atom stereocenters. The van der Waals surface area contributed by atoms with Gasteiger partial charge in [-0.1, -0.05) is 19.1 Å². The monoisotopic (exact) mass is 281 g/mol. The van der Waals surface area contributed by atoms with Gasteiger partial charge in [0.15, 0.2) is 0 Å². The predicted octanol–water partition coefficient (Wildman–Crippen LogP) is 2.00. The second-order valence-corrected chi connectivity index (χ2v) is 4.87. The first-order chi connectivity index (χ1) is 9.76. The highest BCUT2D eigenvalue weighted by molar-refractivity contribution is 5.28. The highest BCUT2D eigenvalue weighted by atomic mass is 16.5. The van der Waals surface area contributed by atoms with E-state index in [1.807, 2.05) is 18.2 Å². The molecule has 1 rings (SSSR count). The van der Waals surface area contributed by atoms with Gasteiger partial charge in [0.1, 0.15) is 18.5 Å². The molecule has 20 heavy (non-hydrogen) atoms. The molecule has 0 spiro atoms. The lowest BCUT2D eigenvalue weighted by atomic mass is 10.2. The smallest absolute Gasteiger partial charge is 0.119 e. The molecule has 0 saturated carbocycles. The third-order valence-corrected chi connectivity index (χ3v) is 3.08. The summed E-state index contributed by atoms with van der Waals surface area (Å²) in [7, 11) is 1.71. The van der Waals surface area contributed by atoms with Crippen LogP contribution in [-0.4, -0.2) is 44.6 Å². The van der Waals surface area contributed by atoms with Crippen molar-refractivity contribution >= 4 is 0 Å². The number of ether oxygens (including phenoxy) is 2.